The highest BCUT2D eigenvalue weighted by Gasteiger charge is 2.41. The predicted octanol–water partition coefficient (Wildman–Crippen LogP) is 8.94. The minimum atomic E-state index is -0.264. The van der Waals surface area contributed by atoms with E-state index in [1.54, 1.807) is 7.11 Å². The zero-order chi connectivity index (χ0) is 33.5. The number of rotatable bonds is 4. The van der Waals surface area contributed by atoms with E-state index in [1.807, 2.05) is 66.8 Å². The third kappa shape index (κ3) is 5.92. The lowest BCUT2D eigenvalue weighted by molar-refractivity contribution is -0.144. The van der Waals surface area contributed by atoms with Crippen LogP contribution in [0.25, 0.3) is 38.8 Å². The van der Waals surface area contributed by atoms with E-state index in [-0.39, 0.29) is 36.4 Å². The Balaban J connectivity index is 0.000000315. The molecule has 4 aliphatic rings. The summed E-state index contributed by atoms with van der Waals surface area (Å²) in [4.78, 5) is 47.2. The number of ether oxygens (including phenoxy) is 2. The van der Waals surface area contributed by atoms with Crippen LogP contribution in [-0.2, 0) is 20.7 Å². The molecule has 4 aromatic rings. The van der Waals surface area contributed by atoms with Crippen LogP contribution in [0.3, 0.4) is 0 Å². The second-order valence-corrected chi connectivity index (χ2v) is 13.9. The van der Waals surface area contributed by atoms with Gasteiger partial charge in [0, 0.05) is 55.7 Å². The Hall–Kier alpha value is -4.41. The molecule has 0 bridgehead atoms. The minimum absolute atomic E-state index is 0.0475. The molecular formula is C38H33Br2N3O5. The van der Waals surface area contributed by atoms with E-state index < -0.39 is 0 Å². The molecule has 2 amide bonds. The van der Waals surface area contributed by atoms with Crippen LogP contribution in [0, 0.1) is 5.92 Å². The number of nitrogens with one attached hydrogen (secondary N) is 2. The number of benzene rings is 2. The van der Waals surface area contributed by atoms with E-state index in [2.05, 4.69) is 54.0 Å². The van der Waals surface area contributed by atoms with Gasteiger partial charge in [-0.25, -0.2) is 0 Å². The number of imide groups is 1. The number of carbonyl (C=O) groups excluding carboxylic acids is 3. The SMILES string of the molecule is CC(=O)OC1C=CCCC1.COC1=CC=CC(CN2C(=O)c3c(c4c5cc(Br)ccc5[nH]c4c4[nH]c5c(c34)CC=C(Br)C=C5)C2=O)C=C1. The number of aromatic amines is 2. The molecule has 0 saturated carbocycles. The number of carbonyl (C=O) groups is 3. The Bertz CT molecular complexity index is 2200. The number of amides is 2. The zero-order valence-corrected chi connectivity index (χ0v) is 29.6. The lowest BCUT2D eigenvalue weighted by Gasteiger charge is -2.17. The van der Waals surface area contributed by atoms with Gasteiger partial charge in [-0.15, -0.1) is 0 Å². The van der Waals surface area contributed by atoms with Crippen molar-refractivity contribution >= 4 is 88.4 Å². The molecular weight excluding hydrogens is 738 g/mol. The monoisotopic (exact) mass is 769 g/mol. The summed E-state index contributed by atoms with van der Waals surface area (Å²) in [5.41, 5.74) is 5.49. The van der Waals surface area contributed by atoms with Gasteiger partial charge in [0.05, 0.1) is 29.3 Å². The van der Waals surface area contributed by atoms with Crippen LogP contribution in [0.4, 0.5) is 0 Å². The molecule has 48 heavy (non-hydrogen) atoms. The van der Waals surface area contributed by atoms with Gasteiger partial charge in [0.15, 0.2) is 0 Å². The van der Waals surface area contributed by atoms with Gasteiger partial charge in [-0.1, -0.05) is 62.2 Å². The summed E-state index contributed by atoms with van der Waals surface area (Å²) in [6.45, 7) is 1.69. The van der Waals surface area contributed by atoms with E-state index in [9.17, 15) is 14.4 Å². The van der Waals surface area contributed by atoms with E-state index >= 15 is 0 Å². The topological polar surface area (TPSA) is 104 Å². The van der Waals surface area contributed by atoms with Gasteiger partial charge >= 0.3 is 5.97 Å². The molecule has 10 heteroatoms. The average Bonchev–Trinajstić information content (AvgIpc) is 3.56. The number of esters is 1. The maximum atomic E-state index is 14.1. The highest BCUT2D eigenvalue weighted by Crippen LogP contribution is 2.44. The molecule has 2 aromatic heterocycles. The molecule has 3 heterocycles. The van der Waals surface area contributed by atoms with Gasteiger partial charge in [0.1, 0.15) is 11.9 Å². The maximum Gasteiger partial charge on any atom is 0.303 e. The Morgan fingerprint density at radius 3 is 2.54 bits per heavy atom. The highest BCUT2D eigenvalue weighted by atomic mass is 79.9. The Kier molecular flexibility index (Phi) is 8.87. The van der Waals surface area contributed by atoms with E-state index in [1.165, 1.54) is 11.8 Å². The normalized spacial score (nSPS) is 19.9. The van der Waals surface area contributed by atoms with Crippen molar-refractivity contribution in [2.24, 2.45) is 5.92 Å². The van der Waals surface area contributed by atoms with Crippen LogP contribution in [0.15, 0.2) is 87.6 Å². The summed E-state index contributed by atoms with van der Waals surface area (Å²) in [7, 11) is 1.62. The Labute approximate surface area is 294 Å². The average molecular weight is 772 g/mol. The molecule has 2 unspecified atom stereocenters. The van der Waals surface area contributed by atoms with Crippen molar-refractivity contribution in [2.45, 2.75) is 38.7 Å². The fourth-order valence-electron chi connectivity index (χ4n) is 6.82. The third-order valence-corrected chi connectivity index (χ3v) is 10.1. The second-order valence-electron chi connectivity index (χ2n) is 12.1. The van der Waals surface area contributed by atoms with E-state index in [0.717, 1.165) is 77.9 Å². The van der Waals surface area contributed by atoms with Gasteiger partial charge in [-0.3, -0.25) is 19.3 Å². The van der Waals surface area contributed by atoms with Crippen molar-refractivity contribution in [3.63, 3.8) is 0 Å². The number of hydrogen-bond acceptors (Lipinski definition) is 5. The standard InChI is InChI=1S/C30H21Br2N3O3.C8H12O2/c1-38-18-4-2-3-15(5-9-18)14-35-29(36)25-23-19-10-6-16(31)7-11-21(19)33-27(23)28-24(26(25)30(35)37)20-13-17(32)8-12-22(20)34-28;1-7(9)10-8-5-3-2-4-6-8/h2-9,11-13,15,33-34H,10,14H2,1H3;3,5,8H,2,4,6H2,1H3. The molecule has 0 fully saturated rings. The summed E-state index contributed by atoms with van der Waals surface area (Å²) >= 11 is 7.16. The number of methoxy groups -OCH3 is 1. The molecule has 2 atom stereocenters. The molecule has 8 rings (SSSR count). The number of allylic oxidation sites excluding steroid dienone is 7. The summed E-state index contributed by atoms with van der Waals surface area (Å²) in [5, 5.41) is 2.49. The first-order valence-corrected chi connectivity index (χ1v) is 17.5. The summed E-state index contributed by atoms with van der Waals surface area (Å²) in [5.74, 6) is -0.114. The number of hydrogen-bond donors (Lipinski definition) is 2. The molecule has 2 aromatic carbocycles. The van der Waals surface area contributed by atoms with Crippen molar-refractivity contribution in [3.05, 3.63) is 110 Å². The summed E-state index contributed by atoms with van der Waals surface area (Å²) < 4.78 is 12.2. The first kappa shape index (κ1) is 32.2. The largest absolute Gasteiger partial charge is 0.497 e. The minimum Gasteiger partial charge on any atom is -0.497 e. The van der Waals surface area contributed by atoms with Gasteiger partial charge < -0.3 is 19.4 Å². The van der Waals surface area contributed by atoms with Crippen LogP contribution >= 0.6 is 31.9 Å². The molecule has 244 valence electrons. The van der Waals surface area contributed by atoms with Crippen LogP contribution < -0.4 is 0 Å². The first-order valence-electron chi connectivity index (χ1n) is 15.9. The molecule has 2 N–H and O–H groups in total. The number of nitrogens with zero attached hydrogens (tertiary/aromatic N) is 1. The van der Waals surface area contributed by atoms with Crippen molar-refractivity contribution in [1.29, 1.82) is 0 Å². The van der Waals surface area contributed by atoms with Crippen LogP contribution in [0.1, 0.15) is 58.2 Å². The predicted molar refractivity (Wildman–Crippen MR) is 196 cm³/mol. The van der Waals surface area contributed by atoms with Crippen LogP contribution in [0.2, 0.25) is 0 Å². The van der Waals surface area contributed by atoms with Gasteiger partial charge in [-0.05, 0) is 79.8 Å². The quantitative estimate of drug-likeness (QED) is 0.123. The van der Waals surface area contributed by atoms with E-state index in [4.69, 9.17) is 9.47 Å². The van der Waals surface area contributed by atoms with E-state index in [0.29, 0.717) is 17.5 Å². The number of H-pyrrole nitrogens is 2. The number of aromatic nitrogens is 2. The number of fused-ring (bicyclic) bond motifs is 10. The van der Waals surface area contributed by atoms with Gasteiger partial charge in [0.25, 0.3) is 11.8 Å². The third-order valence-electron chi connectivity index (χ3n) is 9.01. The molecule has 3 aliphatic carbocycles. The summed E-state index contributed by atoms with van der Waals surface area (Å²) in [6.07, 6.45) is 23.6. The lowest BCUT2D eigenvalue weighted by atomic mass is 9.95. The van der Waals surface area contributed by atoms with Gasteiger partial charge in [0.2, 0.25) is 0 Å². The fourth-order valence-corrected chi connectivity index (χ4v) is 7.47. The van der Waals surface area contributed by atoms with Crippen molar-refractivity contribution in [1.82, 2.24) is 14.9 Å². The van der Waals surface area contributed by atoms with Crippen molar-refractivity contribution in [3.8, 4) is 0 Å². The molecule has 1 aliphatic heterocycles. The Morgan fingerprint density at radius 2 is 1.79 bits per heavy atom. The van der Waals surface area contributed by atoms with Crippen LogP contribution in [-0.4, -0.2) is 52.4 Å². The van der Waals surface area contributed by atoms with Crippen molar-refractivity contribution in [2.75, 3.05) is 13.7 Å². The zero-order valence-electron chi connectivity index (χ0n) is 26.4. The molecule has 0 saturated heterocycles. The van der Waals surface area contributed by atoms with Crippen molar-refractivity contribution < 1.29 is 23.9 Å². The smallest absolute Gasteiger partial charge is 0.303 e. The lowest BCUT2D eigenvalue weighted by Crippen LogP contribution is -2.33. The number of halogens is 2. The van der Waals surface area contributed by atoms with Crippen LogP contribution in [0.5, 0.6) is 0 Å². The summed E-state index contributed by atoms with van der Waals surface area (Å²) in [6, 6.07) is 5.96. The first-order chi connectivity index (χ1) is 23.2. The Morgan fingerprint density at radius 1 is 1.00 bits per heavy atom. The fraction of sp³-hybridized carbons (Fsp3) is 0.237. The van der Waals surface area contributed by atoms with Gasteiger partial charge in [-0.2, -0.15) is 0 Å². The highest BCUT2D eigenvalue weighted by molar-refractivity contribution is 9.12. The second kappa shape index (κ2) is 13.2. The molecule has 0 spiro atoms. The molecule has 8 nitrogen and oxygen atoms in total. The maximum absolute atomic E-state index is 14.1. The molecule has 0 radical (unpaired) electrons.